The van der Waals surface area contributed by atoms with Crippen LogP contribution in [0, 0.1) is 11.5 Å². The van der Waals surface area contributed by atoms with Crippen LogP contribution in [0.5, 0.6) is 5.75 Å². The number of piperidine rings is 1. The number of nitriles is 1. The number of carbonyl (C=O) groups excluding carboxylic acids is 1. The Morgan fingerprint density at radius 2 is 2.00 bits per heavy atom. The molecular formula is C20H22F3N3O2. The van der Waals surface area contributed by atoms with Crippen LogP contribution in [0.15, 0.2) is 18.2 Å². The largest absolute Gasteiger partial charge is 0.496 e. The minimum Gasteiger partial charge on any atom is -0.496 e. The molecule has 0 radical (unpaired) electrons. The van der Waals surface area contributed by atoms with Gasteiger partial charge in [0.05, 0.1) is 30.2 Å². The van der Waals surface area contributed by atoms with E-state index >= 15 is 0 Å². The number of halogens is 3. The number of hydrogen-bond donors (Lipinski definition) is 1. The number of rotatable bonds is 4. The number of nitrogens with zero attached hydrogens (tertiary/aromatic N) is 2. The standard InChI is InChI=1S/C20H22F3N3O2/c1-28-17-10-12(20(21,22)23)2-5-14(17)19(8-9-19)18(27)25-15-6-3-13-4-7-16(15)26(13)11-24/h2,5,10,13,15-16H,3-4,6-9H2,1H3,(H,25,27). The zero-order valence-electron chi connectivity index (χ0n) is 15.6. The summed E-state index contributed by atoms with van der Waals surface area (Å²) < 4.78 is 44.2. The van der Waals surface area contributed by atoms with Crippen molar-refractivity contribution in [3.63, 3.8) is 0 Å². The first-order valence-electron chi connectivity index (χ1n) is 9.55. The number of benzene rings is 1. The van der Waals surface area contributed by atoms with Crippen LogP contribution in [0.4, 0.5) is 13.2 Å². The molecule has 1 aromatic rings. The Bertz CT molecular complexity index is 829. The number of fused-ring (bicyclic) bond motifs is 2. The summed E-state index contributed by atoms with van der Waals surface area (Å²) >= 11 is 0. The van der Waals surface area contributed by atoms with Crippen LogP contribution in [0.1, 0.15) is 49.7 Å². The van der Waals surface area contributed by atoms with E-state index in [0.717, 1.165) is 37.8 Å². The molecule has 2 aliphatic heterocycles. The van der Waals surface area contributed by atoms with E-state index < -0.39 is 17.2 Å². The van der Waals surface area contributed by atoms with E-state index in [1.807, 2.05) is 0 Å². The molecular weight excluding hydrogens is 371 g/mol. The molecule has 3 atom stereocenters. The van der Waals surface area contributed by atoms with E-state index in [1.54, 1.807) is 4.90 Å². The summed E-state index contributed by atoms with van der Waals surface area (Å²) in [5.41, 5.74) is -1.14. The average Bonchev–Trinajstić information content (AvgIpc) is 3.42. The lowest BCUT2D eigenvalue weighted by atomic mass is 9.91. The van der Waals surface area contributed by atoms with Crippen molar-refractivity contribution in [3.8, 4) is 11.9 Å². The summed E-state index contributed by atoms with van der Waals surface area (Å²) in [6.45, 7) is 0. The fraction of sp³-hybridized carbons (Fsp3) is 0.600. The molecule has 150 valence electrons. The Balaban J connectivity index is 1.56. The Morgan fingerprint density at radius 3 is 2.61 bits per heavy atom. The number of nitrogens with one attached hydrogen (secondary N) is 1. The summed E-state index contributed by atoms with van der Waals surface area (Å²) in [7, 11) is 1.32. The summed E-state index contributed by atoms with van der Waals surface area (Å²) in [5.74, 6) is -0.0931. The van der Waals surface area contributed by atoms with Crippen LogP contribution in [0.25, 0.3) is 0 Å². The van der Waals surface area contributed by atoms with Gasteiger partial charge in [0.2, 0.25) is 5.91 Å². The van der Waals surface area contributed by atoms with Gasteiger partial charge in [-0.3, -0.25) is 4.79 Å². The van der Waals surface area contributed by atoms with Gasteiger partial charge < -0.3 is 15.0 Å². The molecule has 1 aromatic carbocycles. The van der Waals surface area contributed by atoms with Gasteiger partial charge in [-0.2, -0.15) is 18.4 Å². The van der Waals surface area contributed by atoms with Crippen molar-refractivity contribution >= 4 is 5.91 Å². The topological polar surface area (TPSA) is 65.4 Å². The fourth-order valence-corrected chi connectivity index (χ4v) is 4.79. The highest BCUT2D eigenvalue weighted by molar-refractivity contribution is 5.92. The molecule has 0 spiro atoms. The molecule has 2 saturated heterocycles. The smallest absolute Gasteiger partial charge is 0.416 e. The zero-order chi connectivity index (χ0) is 20.1. The first-order valence-corrected chi connectivity index (χ1v) is 9.55. The second-order valence-electron chi connectivity index (χ2n) is 7.96. The summed E-state index contributed by atoms with van der Waals surface area (Å²) in [4.78, 5) is 14.9. The van der Waals surface area contributed by atoms with E-state index in [-0.39, 0.29) is 29.8 Å². The van der Waals surface area contributed by atoms with E-state index in [9.17, 15) is 23.2 Å². The van der Waals surface area contributed by atoms with Crippen molar-refractivity contribution < 1.29 is 22.7 Å². The third-order valence-electron chi connectivity index (χ3n) is 6.48. The van der Waals surface area contributed by atoms with Gasteiger partial charge in [-0.15, -0.1) is 0 Å². The van der Waals surface area contributed by atoms with Crippen LogP contribution in [-0.2, 0) is 16.4 Å². The third kappa shape index (κ3) is 2.97. The summed E-state index contributed by atoms with van der Waals surface area (Å²) in [5, 5.41) is 12.5. The Morgan fingerprint density at radius 1 is 1.29 bits per heavy atom. The highest BCUT2D eigenvalue weighted by Gasteiger charge is 2.54. The minimum atomic E-state index is -4.47. The van der Waals surface area contributed by atoms with Gasteiger partial charge in [0, 0.05) is 11.6 Å². The molecule has 2 bridgehead atoms. The molecule has 1 amide bonds. The number of methoxy groups -OCH3 is 1. The van der Waals surface area contributed by atoms with Gasteiger partial charge in [0.15, 0.2) is 6.19 Å². The van der Waals surface area contributed by atoms with Gasteiger partial charge in [0.1, 0.15) is 5.75 Å². The minimum absolute atomic E-state index is 0.0120. The van der Waals surface area contributed by atoms with Gasteiger partial charge in [-0.1, -0.05) is 6.07 Å². The maximum atomic E-state index is 13.1. The Kier molecular flexibility index (Phi) is 4.44. The van der Waals surface area contributed by atoms with Crippen molar-refractivity contribution in [2.24, 2.45) is 0 Å². The molecule has 1 N–H and O–H groups in total. The Labute approximate surface area is 161 Å². The van der Waals surface area contributed by atoms with Crippen LogP contribution < -0.4 is 10.1 Å². The lowest BCUT2D eigenvalue weighted by Gasteiger charge is -2.37. The van der Waals surface area contributed by atoms with Crippen LogP contribution in [0.3, 0.4) is 0 Å². The molecule has 1 aliphatic carbocycles. The van der Waals surface area contributed by atoms with Crippen molar-refractivity contribution in [2.75, 3.05) is 7.11 Å². The maximum Gasteiger partial charge on any atom is 0.416 e. The molecule has 28 heavy (non-hydrogen) atoms. The van der Waals surface area contributed by atoms with Crippen molar-refractivity contribution in [2.45, 2.75) is 68.2 Å². The molecule has 2 heterocycles. The second-order valence-corrected chi connectivity index (χ2v) is 7.96. The van der Waals surface area contributed by atoms with E-state index in [0.29, 0.717) is 18.4 Å². The van der Waals surface area contributed by atoms with Gasteiger partial charge in [0.25, 0.3) is 0 Å². The average molecular weight is 393 g/mol. The zero-order valence-corrected chi connectivity index (χ0v) is 15.6. The SMILES string of the molecule is COc1cc(C(F)(F)F)ccc1C1(C(=O)NC2CCC3CCC2N3C#N)CC1. The van der Waals surface area contributed by atoms with Gasteiger partial charge >= 0.3 is 6.18 Å². The lowest BCUT2D eigenvalue weighted by molar-refractivity contribution is -0.137. The van der Waals surface area contributed by atoms with E-state index in [1.165, 1.54) is 13.2 Å². The van der Waals surface area contributed by atoms with E-state index in [2.05, 4.69) is 11.5 Å². The van der Waals surface area contributed by atoms with E-state index in [4.69, 9.17) is 4.74 Å². The number of carbonyl (C=O) groups is 1. The van der Waals surface area contributed by atoms with Gasteiger partial charge in [-0.25, -0.2) is 0 Å². The molecule has 3 fully saturated rings. The molecule has 3 aliphatic rings. The molecule has 1 saturated carbocycles. The van der Waals surface area contributed by atoms with Crippen molar-refractivity contribution in [3.05, 3.63) is 29.3 Å². The highest BCUT2D eigenvalue weighted by Crippen LogP contribution is 2.52. The number of alkyl halides is 3. The molecule has 0 aromatic heterocycles. The predicted octanol–water partition coefficient (Wildman–Crippen LogP) is 3.34. The first kappa shape index (κ1) is 18.9. The number of hydrogen-bond acceptors (Lipinski definition) is 4. The van der Waals surface area contributed by atoms with Crippen LogP contribution >= 0.6 is 0 Å². The number of ether oxygens (including phenoxy) is 1. The first-order chi connectivity index (χ1) is 13.3. The van der Waals surface area contributed by atoms with Crippen LogP contribution in [0.2, 0.25) is 0 Å². The van der Waals surface area contributed by atoms with Gasteiger partial charge in [-0.05, 0) is 50.7 Å². The molecule has 3 unspecified atom stereocenters. The van der Waals surface area contributed by atoms with Crippen molar-refractivity contribution in [1.82, 2.24) is 10.2 Å². The second kappa shape index (κ2) is 6.57. The third-order valence-corrected chi connectivity index (χ3v) is 6.48. The highest BCUT2D eigenvalue weighted by atomic mass is 19.4. The van der Waals surface area contributed by atoms with Crippen molar-refractivity contribution in [1.29, 1.82) is 5.26 Å². The summed E-state index contributed by atoms with van der Waals surface area (Å²) in [6, 6.07) is 3.50. The molecule has 4 rings (SSSR count). The Hall–Kier alpha value is -2.43. The monoisotopic (exact) mass is 393 g/mol. The molecule has 5 nitrogen and oxygen atoms in total. The number of amides is 1. The molecule has 8 heteroatoms. The maximum absolute atomic E-state index is 13.1. The summed E-state index contributed by atoms with van der Waals surface area (Å²) in [6.07, 6.45) is 2.45. The predicted molar refractivity (Wildman–Crippen MR) is 94.3 cm³/mol. The lowest BCUT2D eigenvalue weighted by Crippen LogP contribution is -2.54. The normalized spacial score (nSPS) is 27.8. The fourth-order valence-electron chi connectivity index (χ4n) is 4.79. The van der Waals surface area contributed by atoms with Crippen LogP contribution in [-0.4, -0.2) is 36.0 Å². The quantitative estimate of drug-likeness (QED) is 0.797.